The van der Waals surface area contributed by atoms with Gasteiger partial charge in [0.1, 0.15) is 5.78 Å². The molecular formula is C21H34O3. The van der Waals surface area contributed by atoms with E-state index in [-0.39, 0.29) is 5.41 Å². The average Bonchev–Trinajstić information content (AvgIpc) is 2.81. The van der Waals surface area contributed by atoms with E-state index >= 15 is 0 Å². The molecule has 0 bridgehead atoms. The second kappa shape index (κ2) is 5.30. The molecule has 4 saturated carbocycles. The van der Waals surface area contributed by atoms with Gasteiger partial charge in [0.05, 0.1) is 11.7 Å². The number of rotatable bonds is 1. The van der Waals surface area contributed by atoms with Gasteiger partial charge in [-0.15, -0.1) is 0 Å². The molecule has 0 spiro atoms. The third-order valence-electron chi connectivity index (χ3n) is 9.39. The van der Waals surface area contributed by atoms with Gasteiger partial charge in [0, 0.05) is 18.3 Å². The van der Waals surface area contributed by atoms with E-state index in [2.05, 4.69) is 13.8 Å². The van der Waals surface area contributed by atoms with Crippen molar-refractivity contribution in [1.82, 2.24) is 0 Å². The van der Waals surface area contributed by atoms with Crippen LogP contribution in [-0.4, -0.2) is 27.7 Å². The molecule has 4 rings (SSSR count). The Morgan fingerprint density at radius 2 is 1.75 bits per heavy atom. The summed E-state index contributed by atoms with van der Waals surface area (Å²) in [5, 5.41) is 21.5. The normalized spacial score (nSPS) is 55.5. The number of hydrogen-bond donors (Lipinski definition) is 2. The highest BCUT2D eigenvalue weighted by molar-refractivity contribution is 5.79. The van der Waals surface area contributed by atoms with Crippen LogP contribution in [-0.2, 0) is 4.79 Å². The van der Waals surface area contributed by atoms with E-state index in [0.717, 1.165) is 44.9 Å². The van der Waals surface area contributed by atoms with Gasteiger partial charge in [0.25, 0.3) is 0 Å². The van der Waals surface area contributed by atoms with Crippen LogP contribution in [0.25, 0.3) is 0 Å². The molecule has 0 aromatic rings. The van der Waals surface area contributed by atoms with Crippen molar-refractivity contribution in [3.05, 3.63) is 0 Å². The zero-order valence-corrected chi connectivity index (χ0v) is 15.6. The van der Waals surface area contributed by atoms with Gasteiger partial charge in [-0.2, -0.15) is 0 Å². The first kappa shape index (κ1) is 17.0. The number of carbonyl (C=O) groups is 1. The van der Waals surface area contributed by atoms with Crippen molar-refractivity contribution in [2.75, 3.05) is 0 Å². The summed E-state index contributed by atoms with van der Waals surface area (Å²) in [6.45, 7) is 6.47. The Morgan fingerprint density at radius 1 is 1.04 bits per heavy atom. The maximum absolute atomic E-state index is 12.0. The molecule has 0 aromatic heterocycles. The van der Waals surface area contributed by atoms with Gasteiger partial charge in [0.15, 0.2) is 0 Å². The predicted octanol–water partition coefficient (Wildman–Crippen LogP) is 3.71. The predicted molar refractivity (Wildman–Crippen MR) is 93.4 cm³/mol. The van der Waals surface area contributed by atoms with E-state index in [1.165, 1.54) is 12.8 Å². The van der Waals surface area contributed by atoms with Gasteiger partial charge in [-0.3, -0.25) is 4.79 Å². The molecule has 4 aliphatic rings. The maximum Gasteiger partial charge on any atom is 0.133 e. The molecule has 0 saturated heterocycles. The minimum atomic E-state index is -0.914. The molecule has 0 heterocycles. The van der Waals surface area contributed by atoms with Crippen LogP contribution in [0.2, 0.25) is 0 Å². The molecule has 24 heavy (non-hydrogen) atoms. The lowest BCUT2D eigenvalue weighted by atomic mass is 9.44. The smallest absolute Gasteiger partial charge is 0.133 e. The fourth-order valence-electron chi connectivity index (χ4n) is 7.78. The molecule has 0 aromatic carbocycles. The van der Waals surface area contributed by atoms with Gasteiger partial charge in [-0.05, 0) is 81.0 Å². The zero-order valence-electron chi connectivity index (χ0n) is 15.6. The molecule has 136 valence electrons. The van der Waals surface area contributed by atoms with Crippen LogP contribution in [0.5, 0.6) is 0 Å². The molecule has 2 N–H and O–H groups in total. The highest BCUT2D eigenvalue weighted by Gasteiger charge is 2.65. The summed E-state index contributed by atoms with van der Waals surface area (Å²) in [4.78, 5) is 12.0. The standard InChI is InChI=1S/C21H34O3/c1-13(22)21(24)11-8-18-16-5-4-14-12-15(23)6-9-19(14,2)17(16)7-10-20(18,21)3/h13-14,16-18,22,24H,4-12H2,1-3H3/t13?,14?,16-,17+,18+,19+,20+,21+/m1/s1. The summed E-state index contributed by atoms with van der Waals surface area (Å²) < 4.78 is 0. The Morgan fingerprint density at radius 3 is 2.46 bits per heavy atom. The highest BCUT2D eigenvalue weighted by atomic mass is 16.3. The molecule has 0 aliphatic heterocycles. The van der Waals surface area contributed by atoms with Gasteiger partial charge in [-0.1, -0.05) is 13.8 Å². The molecule has 2 unspecified atom stereocenters. The monoisotopic (exact) mass is 334 g/mol. The van der Waals surface area contributed by atoms with Crippen LogP contribution in [0.15, 0.2) is 0 Å². The van der Waals surface area contributed by atoms with Gasteiger partial charge < -0.3 is 10.2 Å². The first-order valence-electron chi connectivity index (χ1n) is 10.1. The van der Waals surface area contributed by atoms with Crippen molar-refractivity contribution in [3.8, 4) is 0 Å². The number of fused-ring (bicyclic) bond motifs is 5. The third kappa shape index (κ3) is 2.00. The van der Waals surface area contributed by atoms with Crippen LogP contribution in [0.1, 0.15) is 78.6 Å². The van der Waals surface area contributed by atoms with Crippen molar-refractivity contribution >= 4 is 5.78 Å². The first-order chi connectivity index (χ1) is 11.2. The molecule has 0 radical (unpaired) electrons. The number of carbonyl (C=O) groups excluding carboxylic acids is 1. The Kier molecular flexibility index (Phi) is 3.76. The molecule has 3 nitrogen and oxygen atoms in total. The average molecular weight is 335 g/mol. The molecular weight excluding hydrogens is 300 g/mol. The zero-order chi connectivity index (χ0) is 17.3. The summed E-state index contributed by atoms with van der Waals surface area (Å²) in [7, 11) is 0. The molecule has 0 amide bonds. The Labute approximate surface area is 146 Å². The van der Waals surface area contributed by atoms with Crippen molar-refractivity contribution < 1.29 is 15.0 Å². The van der Waals surface area contributed by atoms with E-state index < -0.39 is 11.7 Å². The Hall–Kier alpha value is -0.410. The van der Waals surface area contributed by atoms with Gasteiger partial charge in [-0.25, -0.2) is 0 Å². The second-order valence-corrected chi connectivity index (χ2v) is 9.99. The van der Waals surface area contributed by atoms with Crippen molar-refractivity contribution in [1.29, 1.82) is 0 Å². The number of hydrogen-bond acceptors (Lipinski definition) is 3. The maximum atomic E-state index is 12.0. The first-order valence-corrected chi connectivity index (χ1v) is 10.1. The largest absolute Gasteiger partial charge is 0.390 e. The summed E-state index contributed by atoms with van der Waals surface area (Å²) in [5.41, 5.74) is -0.734. The second-order valence-electron chi connectivity index (χ2n) is 9.99. The summed E-state index contributed by atoms with van der Waals surface area (Å²) >= 11 is 0. The van der Waals surface area contributed by atoms with E-state index in [1.54, 1.807) is 6.92 Å². The summed E-state index contributed by atoms with van der Waals surface area (Å²) in [5.74, 6) is 2.97. The van der Waals surface area contributed by atoms with Crippen LogP contribution in [0.4, 0.5) is 0 Å². The van der Waals surface area contributed by atoms with Gasteiger partial charge >= 0.3 is 0 Å². The van der Waals surface area contributed by atoms with Crippen LogP contribution in [0, 0.1) is 34.5 Å². The quantitative estimate of drug-likeness (QED) is 0.768. The lowest BCUT2D eigenvalue weighted by molar-refractivity contribution is -0.183. The topological polar surface area (TPSA) is 57.5 Å². The minimum absolute atomic E-state index is 0.143. The molecule has 8 atom stereocenters. The van der Waals surface area contributed by atoms with Crippen molar-refractivity contribution in [3.63, 3.8) is 0 Å². The fourth-order valence-corrected chi connectivity index (χ4v) is 7.78. The minimum Gasteiger partial charge on any atom is -0.390 e. The lowest BCUT2D eigenvalue weighted by Gasteiger charge is -2.61. The SMILES string of the molecule is CC(O)[C@@]1(O)CC[C@H]2[C@@H]3CCC4CC(=O)CC[C@]4(C)[C@H]3CC[C@@]21C. The number of ketones is 1. The molecule has 4 aliphatic carbocycles. The fraction of sp³-hybridized carbons (Fsp3) is 0.952. The summed E-state index contributed by atoms with van der Waals surface area (Å²) in [6, 6.07) is 0. The summed E-state index contributed by atoms with van der Waals surface area (Å²) in [6.07, 6.45) is 8.38. The Balaban J connectivity index is 1.64. The molecule has 3 heteroatoms. The molecule has 4 fully saturated rings. The van der Waals surface area contributed by atoms with Crippen LogP contribution < -0.4 is 0 Å². The number of aliphatic hydroxyl groups is 2. The van der Waals surface area contributed by atoms with E-state index in [4.69, 9.17) is 0 Å². The van der Waals surface area contributed by atoms with Crippen molar-refractivity contribution in [2.24, 2.45) is 34.5 Å². The Bertz CT molecular complexity index is 543. The van der Waals surface area contributed by atoms with E-state index in [9.17, 15) is 15.0 Å². The third-order valence-corrected chi connectivity index (χ3v) is 9.39. The van der Waals surface area contributed by atoms with Crippen LogP contribution >= 0.6 is 0 Å². The van der Waals surface area contributed by atoms with Crippen molar-refractivity contribution in [2.45, 2.75) is 90.3 Å². The van der Waals surface area contributed by atoms with Gasteiger partial charge in [0.2, 0.25) is 0 Å². The van der Waals surface area contributed by atoms with E-state index in [0.29, 0.717) is 34.9 Å². The number of Topliss-reactive ketones (excluding diaryl/α,β-unsaturated/α-hetero) is 1. The van der Waals surface area contributed by atoms with Crippen LogP contribution in [0.3, 0.4) is 0 Å². The number of aliphatic hydroxyl groups excluding tert-OH is 1. The lowest BCUT2D eigenvalue weighted by Crippen LogP contribution is -2.59. The van der Waals surface area contributed by atoms with E-state index in [1.807, 2.05) is 0 Å². The highest BCUT2D eigenvalue weighted by Crippen LogP contribution is 2.68.